The predicted octanol–water partition coefficient (Wildman–Crippen LogP) is 2.76. The number of aromatic hydroxyl groups is 1. The number of rotatable bonds is 4. The van der Waals surface area contributed by atoms with Crippen molar-refractivity contribution in [3.63, 3.8) is 0 Å². The molecule has 1 aromatic rings. The SMILES string of the molecule is COC(=O)c1ccc(OCC(F)(F)C(F)(F)F)cc1O. The van der Waals surface area contributed by atoms with Crippen LogP contribution in [0.2, 0.25) is 0 Å². The minimum Gasteiger partial charge on any atom is -0.507 e. The molecule has 0 saturated carbocycles. The van der Waals surface area contributed by atoms with Gasteiger partial charge in [0.15, 0.2) is 6.61 Å². The summed E-state index contributed by atoms with van der Waals surface area (Å²) in [6, 6.07) is 2.67. The summed E-state index contributed by atoms with van der Waals surface area (Å²) in [5, 5.41) is 9.39. The molecule has 20 heavy (non-hydrogen) atoms. The Morgan fingerprint density at radius 3 is 2.30 bits per heavy atom. The first-order valence-corrected chi connectivity index (χ1v) is 5.07. The van der Waals surface area contributed by atoms with Crippen molar-refractivity contribution in [2.75, 3.05) is 13.7 Å². The van der Waals surface area contributed by atoms with Gasteiger partial charge in [-0.3, -0.25) is 0 Å². The van der Waals surface area contributed by atoms with E-state index in [1.807, 2.05) is 0 Å². The molecule has 0 atom stereocenters. The number of hydrogen-bond acceptors (Lipinski definition) is 4. The average Bonchev–Trinajstić information content (AvgIpc) is 2.34. The summed E-state index contributed by atoms with van der Waals surface area (Å²) in [6.07, 6.45) is -5.74. The molecule has 1 N–H and O–H groups in total. The molecule has 1 aromatic carbocycles. The third kappa shape index (κ3) is 3.49. The molecule has 0 unspecified atom stereocenters. The van der Waals surface area contributed by atoms with E-state index in [0.29, 0.717) is 0 Å². The summed E-state index contributed by atoms with van der Waals surface area (Å²) >= 11 is 0. The van der Waals surface area contributed by atoms with Crippen LogP contribution in [0.15, 0.2) is 18.2 Å². The number of alkyl halides is 5. The zero-order valence-electron chi connectivity index (χ0n) is 10.0. The molecule has 4 nitrogen and oxygen atoms in total. The first-order valence-electron chi connectivity index (χ1n) is 5.07. The Kier molecular flexibility index (Phi) is 4.41. The van der Waals surface area contributed by atoms with Crippen LogP contribution in [-0.4, -0.2) is 36.9 Å². The van der Waals surface area contributed by atoms with E-state index in [-0.39, 0.29) is 5.56 Å². The highest BCUT2D eigenvalue weighted by Gasteiger charge is 2.58. The van der Waals surface area contributed by atoms with Gasteiger partial charge in [0.2, 0.25) is 0 Å². The standard InChI is InChI=1S/C11H9F5O4/c1-19-9(18)7-3-2-6(4-8(7)17)20-5-10(12,13)11(14,15)16/h2-4,17H,5H2,1H3. The van der Waals surface area contributed by atoms with Crippen LogP contribution in [-0.2, 0) is 4.74 Å². The van der Waals surface area contributed by atoms with Crippen molar-refractivity contribution in [2.45, 2.75) is 12.1 Å². The van der Waals surface area contributed by atoms with Crippen LogP contribution in [0.4, 0.5) is 22.0 Å². The van der Waals surface area contributed by atoms with Crippen LogP contribution >= 0.6 is 0 Å². The van der Waals surface area contributed by atoms with E-state index in [1.165, 1.54) is 0 Å². The molecule has 0 aromatic heterocycles. The number of phenols is 1. The third-order valence-electron chi connectivity index (χ3n) is 2.21. The summed E-state index contributed by atoms with van der Waals surface area (Å²) in [5.41, 5.74) is -0.276. The van der Waals surface area contributed by atoms with E-state index in [1.54, 1.807) is 0 Å². The van der Waals surface area contributed by atoms with Crippen molar-refractivity contribution in [2.24, 2.45) is 0 Å². The van der Waals surface area contributed by atoms with Crippen molar-refractivity contribution in [3.05, 3.63) is 23.8 Å². The molecule has 0 saturated heterocycles. The summed E-state index contributed by atoms with van der Waals surface area (Å²) in [6.45, 7) is -1.94. The number of methoxy groups -OCH3 is 1. The Morgan fingerprint density at radius 2 is 1.85 bits per heavy atom. The van der Waals surface area contributed by atoms with Gasteiger partial charge >= 0.3 is 18.1 Å². The normalized spacial score (nSPS) is 12.1. The van der Waals surface area contributed by atoms with Crippen LogP contribution in [0, 0.1) is 0 Å². The molecule has 0 radical (unpaired) electrons. The molecule has 0 aliphatic carbocycles. The highest BCUT2D eigenvalue weighted by molar-refractivity contribution is 5.92. The maximum Gasteiger partial charge on any atom is 0.456 e. The fourth-order valence-electron chi connectivity index (χ4n) is 1.14. The van der Waals surface area contributed by atoms with Crippen LogP contribution in [0.3, 0.4) is 0 Å². The Bertz CT molecular complexity index is 498. The largest absolute Gasteiger partial charge is 0.507 e. The first-order chi connectivity index (χ1) is 9.08. The van der Waals surface area contributed by atoms with Gasteiger partial charge in [-0.25, -0.2) is 4.79 Å². The molecule has 0 spiro atoms. The van der Waals surface area contributed by atoms with E-state index in [0.717, 1.165) is 25.3 Å². The Labute approximate surface area is 109 Å². The van der Waals surface area contributed by atoms with Crippen molar-refractivity contribution in [1.82, 2.24) is 0 Å². The minimum absolute atomic E-state index is 0.276. The lowest BCUT2D eigenvalue weighted by molar-refractivity contribution is -0.290. The second kappa shape index (κ2) is 5.51. The zero-order valence-corrected chi connectivity index (χ0v) is 10.0. The fraction of sp³-hybridized carbons (Fsp3) is 0.364. The first kappa shape index (κ1) is 16.0. The highest BCUT2D eigenvalue weighted by atomic mass is 19.4. The van der Waals surface area contributed by atoms with Crippen molar-refractivity contribution >= 4 is 5.97 Å². The number of halogens is 5. The molecule has 0 bridgehead atoms. The number of ether oxygens (including phenoxy) is 2. The second-order valence-electron chi connectivity index (χ2n) is 3.66. The topological polar surface area (TPSA) is 55.8 Å². The van der Waals surface area contributed by atoms with Gasteiger partial charge in [0.25, 0.3) is 0 Å². The molecule has 112 valence electrons. The number of carbonyl (C=O) groups excluding carboxylic acids is 1. The van der Waals surface area contributed by atoms with E-state index in [4.69, 9.17) is 0 Å². The van der Waals surface area contributed by atoms with Crippen LogP contribution in [0.5, 0.6) is 11.5 Å². The molecule has 0 fully saturated rings. The van der Waals surface area contributed by atoms with Crippen LogP contribution in [0.25, 0.3) is 0 Å². The summed E-state index contributed by atoms with van der Waals surface area (Å²) in [7, 11) is 1.05. The van der Waals surface area contributed by atoms with Gasteiger partial charge in [-0.15, -0.1) is 0 Å². The van der Waals surface area contributed by atoms with Crippen LogP contribution < -0.4 is 4.74 Å². The van der Waals surface area contributed by atoms with Gasteiger partial charge in [-0.1, -0.05) is 0 Å². The quantitative estimate of drug-likeness (QED) is 0.686. The third-order valence-corrected chi connectivity index (χ3v) is 2.21. The summed E-state index contributed by atoms with van der Waals surface area (Å²) < 4.78 is 69.4. The molecule has 0 aliphatic rings. The van der Waals surface area contributed by atoms with E-state index in [9.17, 15) is 31.9 Å². The van der Waals surface area contributed by atoms with Crippen molar-refractivity contribution in [1.29, 1.82) is 0 Å². The molecule has 0 amide bonds. The summed E-state index contributed by atoms with van der Waals surface area (Å²) in [5.74, 6) is -7.03. The number of benzene rings is 1. The van der Waals surface area contributed by atoms with Gasteiger partial charge in [-0.05, 0) is 12.1 Å². The number of esters is 1. The lowest BCUT2D eigenvalue weighted by atomic mass is 10.2. The molecular formula is C11H9F5O4. The monoisotopic (exact) mass is 300 g/mol. The summed E-state index contributed by atoms with van der Waals surface area (Å²) in [4.78, 5) is 11.1. The van der Waals surface area contributed by atoms with E-state index >= 15 is 0 Å². The maximum absolute atomic E-state index is 12.6. The lowest BCUT2D eigenvalue weighted by Gasteiger charge is -2.19. The predicted molar refractivity (Wildman–Crippen MR) is 55.9 cm³/mol. The Hall–Kier alpha value is -2.06. The van der Waals surface area contributed by atoms with Gasteiger partial charge in [0.1, 0.15) is 17.1 Å². The Balaban J connectivity index is 2.81. The number of hydrogen-bond donors (Lipinski definition) is 1. The Morgan fingerprint density at radius 1 is 1.25 bits per heavy atom. The maximum atomic E-state index is 12.6. The van der Waals surface area contributed by atoms with Gasteiger partial charge in [0.05, 0.1) is 7.11 Å². The molecular weight excluding hydrogens is 291 g/mol. The average molecular weight is 300 g/mol. The van der Waals surface area contributed by atoms with E-state index < -0.39 is 36.2 Å². The van der Waals surface area contributed by atoms with Gasteiger partial charge in [0, 0.05) is 6.07 Å². The van der Waals surface area contributed by atoms with Gasteiger partial charge in [-0.2, -0.15) is 22.0 Å². The van der Waals surface area contributed by atoms with Crippen molar-refractivity contribution in [3.8, 4) is 11.5 Å². The van der Waals surface area contributed by atoms with E-state index in [2.05, 4.69) is 9.47 Å². The lowest BCUT2D eigenvalue weighted by Crippen LogP contribution is -2.41. The number of carbonyl (C=O) groups is 1. The van der Waals surface area contributed by atoms with Crippen molar-refractivity contribution < 1.29 is 41.3 Å². The highest BCUT2D eigenvalue weighted by Crippen LogP contribution is 2.36. The number of phenolic OH excluding ortho intramolecular Hbond substituents is 1. The zero-order chi connectivity index (χ0) is 15.6. The smallest absolute Gasteiger partial charge is 0.456 e. The molecule has 0 heterocycles. The fourth-order valence-corrected chi connectivity index (χ4v) is 1.14. The molecule has 9 heteroatoms. The second-order valence-corrected chi connectivity index (χ2v) is 3.66. The van der Waals surface area contributed by atoms with Gasteiger partial charge < -0.3 is 14.6 Å². The molecule has 1 rings (SSSR count). The minimum atomic E-state index is -5.74. The van der Waals surface area contributed by atoms with Crippen LogP contribution in [0.1, 0.15) is 10.4 Å². The molecule has 0 aliphatic heterocycles.